The van der Waals surface area contributed by atoms with Gasteiger partial charge in [-0.3, -0.25) is 0 Å². The molecule has 0 saturated carbocycles. The first-order valence-electron chi connectivity index (χ1n) is 5.52. The van der Waals surface area contributed by atoms with Crippen LogP contribution in [0.5, 0.6) is 0 Å². The van der Waals surface area contributed by atoms with Crippen molar-refractivity contribution in [3.05, 3.63) is 35.4 Å². The number of ether oxygens (including phenoxy) is 1. The molecule has 1 heteroatoms. The molecule has 1 nitrogen and oxygen atoms in total. The zero-order valence-corrected chi connectivity index (χ0v) is 9.25. The highest BCUT2D eigenvalue weighted by molar-refractivity contribution is 5.21. The van der Waals surface area contributed by atoms with Crippen molar-refractivity contribution in [1.29, 1.82) is 0 Å². The third kappa shape index (κ3) is 3.93. The van der Waals surface area contributed by atoms with Crippen molar-refractivity contribution < 1.29 is 4.74 Å². The van der Waals surface area contributed by atoms with Crippen LogP contribution >= 0.6 is 0 Å². The van der Waals surface area contributed by atoms with Gasteiger partial charge in [0, 0.05) is 6.61 Å². The molecule has 0 heterocycles. The van der Waals surface area contributed by atoms with Crippen LogP contribution in [0, 0.1) is 0 Å². The van der Waals surface area contributed by atoms with E-state index in [0.717, 1.165) is 26.1 Å². The molecule has 0 aliphatic carbocycles. The van der Waals surface area contributed by atoms with Crippen LogP contribution in [-0.2, 0) is 17.8 Å². The molecule has 0 aliphatic heterocycles. The summed E-state index contributed by atoms with van der Waals surface area (Å²) in [5, 5.41) is 0. The van der Waals surface area contributed by atoms with Gasteiger partial charge in [0.25, 0.3) is 0 Å². The van der Waals surface area contributed by atoms with Crippen molar-refractivity contribution in [1.82, 2.24) is 0 Å². The summed E-state index contributed by atoms with van der Waals surface area (Å²) in [6, 6.07) is 8.67. The van der Waals surface area contributed by atoms with E-state index in [4.69, 9.17) is 4.74 Å². The molecule has 0 aromatic heterocycles. The fourth-order valence-corrected chi connectivity index (χ4v) is 1.31. The van der Waals surface area contributed by atoms with E-state index in [1.165, 1.54) is 17.5 Å². The Morgan fingerprint density at radius 1 is 1.00 bits per heavy atom. The second-order valence-electron chi connectivity index (χ2n) is 3.58. The minimum absolute atomic E-state index is 0.754. The van der Waals surface area contributed by atoms with Crippen LogP contribution in [0.1, 0.15) is 37.8 Å². The van der Waals surface area contributed by atoms with Crippen LogP contribution < -0.4 is 0 Å². The van der Waals surface area contributed by atoms with E-state index in [-0.39, 0.29) is 0 Å². The molecule has 78 valence electrons. The summed E-state index contributed by atoms with van der Waals surface area (Å²) < 4.78 is 5.53. The minimum atomic E-state index is 0.754. The monoisotopic (exact) mass is 192 g/mol. The molecule has 1 aromatic carbocycles. The second kappa shape index (κ2) is 6.61. The Morgan fingerprint density at radius 3 is 2.21 bits per heavy atom. The summed E-state index contributed by atoms with van der Waals surface area (Å²) in [7, 11) is 0. The lowest BCUT2D eigenvalue weighted by Gasteiger charge is -2.04. The van der Waals surface area contributed by atoms with E-state index in [9.17, 15) is 0 Å². The Labute approximate surface area is 87.1 Å². The van der Waals surface area contributed by atoms with Crippen molar-refractivity contribution in [3.63, 3.8) is 0 Å². The van der Waals surface area contributed by atoms with E-state index in [1.807, 2.05) is 0 Å². The summed E-state index contributed by atoms with van der Waals surface area (Å²) in [5.74, 6) is 0. The molecule has 0 fully saturated rings. The highest BCUT2D eigenvalue weighted by Crippen LogP contribution is 2.06. The first-order chi connectivity index (χ1) is 6.86. The van der Waals surface area contributed by atoms with Gasteiger partial charge in [-0.25, -0.2) is 0 Å². The van der Waals surface area contributed by atoms with Gasteiger partial charge in [0.2, 0.25) is 0 Å². The molecule has 0 aliphatic rings. The minimum Gasteiger partial charge on any atom is -0.377 e. The fraction of sp³-hybridized carbons (Fsp3) is 0.538. The summed E-state index contributed by atoms with van der Waals surface area (Å²) in [5.41, 5.74) is 2.67. The number of benzene rings is 1. The topological polar surface area (TPSA) is 9.23 Å². The standard InChI is InChI=1S/C13H20O/c1-3-5-10-14-11-13-8-6-12(4-2)7-9-13/h6-9H,3-5,10-11H2,1-2H3. The lowest BCUT2D eigenvalue weighted by Crippen LogP contribution is -1.95. The van der Waals surface area contributed by atoms with Crippen LogP contribution in [0.2, 0.25) is 0 Å². The van der Waals surface area contributed by atoms with Crippen molar-refractivity contribution in [2.24, 2.45) is 0 Å². The molecule has 0 saturated heterocycles. The van der Waals surface area contributed by atoms with Crippen molar-refractivity contribution in [3.8, 4) is 0 Å². The number of unbranched alkanes of at least 4 members (excludes halogenated alkanes) is 1. The zero-order valence-electron chi connectivity index (χ0n) is 9.25. The SMILES string of the molecule is CCCCOCc1ccc(CC)cc1. The molecular formula is C13H20O. The quantitative estimate of drug-likeness (QED) is 0.626. The third-order valence-corrected chi connectivity index (χ3v) is 2.34. The number of hydrogen-bond acceptors (Lipinski definition) is 1. The van der Waals surface area contributed by atoms with E-state index < -0.39 is 0 Å². The molecule has 0 atom stereocenters. The summed E-state index contributed by atoms with van der Waals surface area (Å²) in [6.07, 6.45) is 3.47. The molecule has 0 bridgehead atoms. The Morgan fingerprint density at radius 2 is 1.64 bits per heavy atom. The molecule has 0 spiro atoms. The number of rotatable bonds is 6. The lowest BCUT2D eigenvalue weighted by molar-refractivity contribution is 0.118. The average molecular weight is 192 g/mol. The number of hydrogen-bond donors (Lipinski definition) is 0. The van der Waals surface area contributed by atoms with Crippen molar-refractivity contribution >= 4 is 0 Å². The fourth-order valence-electron chi connectivity index (χ4n) is 1.31. The van der Waals surface area contributed by atoms with E-state index in [1.54, 1.807) is 0 Å². The Balaban J connectivity index is 2.29. The third-order valence-electron chi connectivity index (χ3n) is 2.34. The van der Waals surface area contributed by atoms with E-state index >= 15 is 0 Å². The van der Waals surface area contributed by atoms with Gasteiger partial charge in [0.1, 0.15) is 0 Å². The van der Waals surface area contributed by atoms with Crippen LogP contribution in [0.25, 0.3) is 0 Å². The van der Waals surface area contributed by atoms with E-state index in [0.29, 0.717) is 0 Å². The smallest absolute Gasteiger partial charge is 0.0716 e. The van der Waals surface area contributed by atoms with Gasteiger partial charge >= 0.3 is 0 Å². The molecule has 1 rings (SSSR count). The molecule has 0 amide bonds. The van der Waals surface area contributed by atoms with Gasteiger partial charge in [-0.15, -0.1) is 0 Å². The van der Waals surface area contributed by atoms with Crippen LogP contribution in [0.4, 0.5) is 0 Å². The van der Waals surface area contributed by atoms with Crippen molar-refractivity contribution in [2.75, 3.05) is 6.61 Å². The molecule has 1 aromatic rings. The molecule has 14 heavy (non-hydrogen) atoms. The van der Waals surface area contributed by atoms with E-state index in [2.05, 4.69) is 38.1 Å². The predicted octanol–water partition coefficient (Wildman–Crippen LogP) is 3.57. The van der Waals surface area contributed by atoms with Gasteiger partial charge in [-0.1, -0.05) is 44.5 Å². The largest absolute Gasteiger partial charge is 0.377 e. The van der Waals surface area contributed by atoms with Gasteiger partial charge in [-0.2, -0.15) is 0 Å². The Bertz CT molecular complexity index is 238. The maximum atomic E-state index is 5.53. The highest BCUT2D eigenvalue weighted by Gasteiger charge is 1.93. The maximum absolute atomic E-state index is 5.53. The number of aryl methyl sites for hydroxylation is 1. The van der Waals surface area contributed by atoms with Crippen LogP contribution in [0.15, 0.2) is 24.3 Å². The Kier molecular flexibility index (Phi) is 5.31. The average Bonchev–Trinajstić information content (AvgIpc) is 2.25. The van der Waals surface area contributed by atoms with Crippen LogP contribution in [0.3, 0.4) is 0 Å². The second-order valence-corrected chi connectivity index (χ2v) is 3.58. The summed E-state index contributed by atoms with van der Waals surface area (Å²) in [6.45, 7) is 5.99. The van der Waals surface area contributed by atoms with Gasteiger partial charge in [-0.05, 0) is 24.0 Å². The highest BCUT2D eigenvalue weighted by atomic mass is 16.5. The lowest BCUT2D eigenvalue weighted by atomic mass is 10.1. The first kappa shape index (κ1) is 11.3. The summed E-state index contributed by atoms with van der Waals surface area (Å²) >= 11 is 0. The Hall–Kier alpha value is -0.820. The van der Waals surface area contributed by atoms with Crippen LogP contribution in [-0.4, -0.2) is 6.61 Å². The molecular weight excluding hydrogens is 172 g/mol. The molecule has 0 radical (unpaired) electrons. The normalized spacial score (nSPS) is 10.4. The predicted molar refractivity (Wildman–Crippen MR) is 60.4 cm³/mol. The maximum Gasteiger partial charge on any atom is 0.0716 e. The molecule has 0 unspecified atom stereocenters. The van der Waals surface area contributed by atoms with Gasteiger partial charge < -0.3 is 4.74 Å². The van der Waals surface area contributed by atoms with Gasteiger partial charge in [0.15, 0.2) is 0 Å². The molecule has 0 N–H and O–H groups in total. The summed E-state index contributed by atoms with van der Waals surface area (Å²) in [4.78, 5) is 0. The van der Waals surface area contributed by atoms with Crippen molar-refractivity contribution in [2.45, 2.75) is 39.7 Å². The zero-order chi connectivity index (χ0) is 10.2. The first-order valence-corrected chi connectivity index (χ1v) is 5.52. The van der Waals surface area contributed by atoms with Gasteiger partial charge in [0.05, 0.1) is 6.61 Å².